The van der Waals surface area contributed by atoms with Crippen LogP contribution in [0.4, 0.5) is 8.78 Å². The van der Waals surface area contributed by atoms with Crippen molar-refractivity contribution in [2.75, 3.05) is 6.54 Å². The summed E-state index contributed by atoms with van der Waals surface area (Å²) in [5, 5.41) is 3.21. The van der Waals surface area contributed by atoms with E-state index in [4.69, 9.17) is 0 Å². The fourth-order valence-corrected chi connectivity index (χ4v) is 1.95. The lowest BCUT2D eigenvalue weighted by Gasteiger charge is -2.17. The monoisotopic (exact) mass is 263 g/mol. The van der Waals surface area contributed by atoms with E-state index in [0.29, 0.717) is 18.5 Å². The predicted molar refractivity (Wildman–Crippen MR) is 68.5 cm³/mol. The molecule has 1 unspecified atom stereocenters. The number of likely N-dealkylation sites (N-methyl/N-ethyl adjacent to an activating group) is 1. The number of hydrogen-bond donors (Lipinski definition) is 1. The molecule has 1 N–H and O–H groups in total. The molecule has 5 heteroatoms. The molecule has 0 aliphatic carbocycles. The summed E-state index contributed by atoms with van der Waals surface area (Å²) < 4.78 is 26.8. The summed E-state index contributed by atoms with van der Waals surface area (Å²) in [6.45, 7) is 2.67. The fraction of sp³-hybridized carbons (Fsp3) is 0.286. The molecule has 1 heterocycles. The lowest BCUT2D eigenvalue weighted by molar-refractivity contribution is 0.512. The molecule has 0 radical (unpaired) electrons. The van der Waals surface area contributed by atoms with Crippen LogP contribution >= 0.6 is 0 Å². The van der Waals surface area contributed by atoms with Gasteiger partial charge in [-0.3, -0.25) is 0 Å². The number of halogens is 2. The lowest BCUT2D eigenvalue weighted by Crippen LogP contribution is -2.24. The van der Waals surface area contributed by atoms with Gasteiger partial charge in [-0.2, -0.15) is 0 Å². The molecule has 3 nitrogen and oxygen atoms in total. The highest BCUT2D eigenvalue weighted by Crippen LogP contribution is 2.19. The summed E-state index contributed by atoms with van der Waals surface area (Å²) in [7, 11) is 0. The molecule has 0 aliphatic heterocycles. The van der Waals surface area contributed by atoms with Crippen LogP contribution in [0.1, 0.15) is 24.2 Å². The second kappa shape index (κ2) is 6.33. The van der Waals surface area contributed by atoms with Crippen molar-refractivity contribution in [2.24, 2.45) is 0 Å². The maximum atomic E-state index is 13.7. The molecular formula is C14H15F2N3. The number of benzene rings is 1. The van der Waals surface area contributed by atoms with Crippen LogP contribution in [0.2, 0.25) is 0 Å². The molecule has 0 spiro atoms. The Balaban J connectivity index is 2.24. The van der Waals surface area contributed by atoms with Crippen LogP contribution in [0, 0.1) is 11.6 Å². The molecule has 0 saturated heterocycles. The Labute approximate surface area is 110 Å². The van der Waals surface area contributed by atoms with Crippen molar-refractivity contribution in [1.29, 1.82) is 0 Å². The van der Waals surface area contributed by atoms with Gasteiger partial charge in [0.2, 0.25) is 0 Å². The summed E-state index contributed by atoms with van der Waals surface area (Å²) in [5.74, 6) is -0.840. The number of hydrogen-bond acceptors (Lipinski definition) is 3. The Morgan fingerprint density at radius 1 is 1.26 bits per heavy atom. The molecule has 2 aromatic rings. The van der Waals surface area contributed by atoms with E-state index >= 15 is 0 Å². The van der Waals surface area contributed by atoms with E-state index in [-0.39, 0.29) is 6.04 Å². The van der Waals surface area contributed by atoms with Gasteiger partial charge >= 0.3 is 0 Å². The molecule has 1 aromatic carbocycles. The molecule has 0 fully saturated rings. The first-order valence-electron chi connectivity index (χ1n) is 6.14. The van der Waals surface area contributed by atoms with Crippen LogP contribution in [-0.4, -0.2) is 16.5 Å². The van der Waals surface area contributed by atoms with Gasteiger partial charge in [-0.15, -0.1) is 0 Å². The first-order chi connectivity index (χ1) is 9.20. The van der Waals surface area contributed by atoms with Gasteiger partial charge in [0.1, 0.15) is 18.0 Å². The van der Waals surface area contributed by atoms with Crippen LogP contribution in [-0.2, 0) is 6.42 Å². The van der Waals surface area contributed by atoms with Gasteiger partial charge in [0, 0.05) is 6.20 Å². The summed E-state index contributed by atoms with van der Waals surface area (Å²) in [5.41, 5.74) is 1.10. The second-order valence-electron chi connectivity index (χ2n) is 4.18. The highest BCUT2D eigenvalue weighted by atomic mass is 19.1. The third-order valence-electron chi connectivity index (χ3n) is 2.84. The number of nitrogens with zero attached hydrogens (tertiary/aromatic N) is 2. The molecule has 1 atom stereocenters. The Bertz CT molecular complexity index is 531. The molecule has 0 aliphatic rings. The largest absolute Gasteiger partial charge is 0.309 e. The summed E-state index contributed by atoms with van der Waals surface area (Å²) in [6, 6.07) is 5.09. The molecule has 0 amide bonds. The van der Waals surface area contributed by atoms with Gasteiger partial charge in [0.25, 0.3) is 0 Å². The highest BCUT2D eigenvalue weighted by Gasteiger charge is 2.15. The molecule has 0 saturated carbocycles. The minimum absolute atomic E-state index is 0.163. The van der Waals surface area contributed by atoms with Crippen LogP contribution in [0.3, 0.4) is 0 Å². The molecule has 2 rings (SSSR count). The highest BCUT2D eigenvalue weighted by molar-refractivity contribution is 5.21. The van der Waals surface area contributed by atoms with E-state index in [1.807, 2.05) is 6.92 Å². The first kappa shape index (κ1) is 13.5. The zero-order chi connectivity index (χ0) is 13.7. The van der Waals surface area contributed by atoms with Gasteiger partial charge in [-0.05, 0) is 42.8 Å². The van der Waals surface area contributed by atoms with Gasteiger partial charge < -0.3 is 5.32 Å². The van der Waals surface area contributed by atoms with E-state index in [2.05, 4.69) is 15.3 Å². The zero-order valence-electron chi connectivity index (χ0n) is 10.6. The molecule has 1 aromatic heterocycles. The van der Waals surface area contributed by atoms with E-state index in [1.165, 1.54) is 12.4 Å². The maximum absolute atomic E-state index is 13.7. The zero-order valence-corrected chi connectivity index (χ0v) is 10.6. The molecule has 19 heavy (non-hydrogen) atoms. The second-order valence-corrected chi connectivity index (χ2v) is 4.18. The standard InChI is InChI=1S/C14H15F2N3/c1-2-18-14(13-5-6-17-9-19-13)8-10-7-11(15)3-4-12(10)16/h3-7,9,14,18H,2,8H2,1H3. The SMILES string of the molecule is CCNC(Cc1cc(F)ccc1F)c1ccncn1. The summed E-state index contributed by atoms with van der Waals surface area (Å²) >= 11 is 0. The van der Waals surface area contributed by atoms with Crippen molar-refractivity contribution in [3.63, 3.8) is 0 Å². The van der Waals surface area contributed by atoms with Gasteiger partial charge in [0.15, 0.2) is 0 Å². The van der Waals surface area contributed by atoms with Crippen molar-refractivity contribution < 1.29 is 8.78 Å². The van der Waals surface area contributed by atoms with E-state index < -0.39 is 11.6 Å². The Morgan fingerprint density at radius 3 is 2.79 bits per heavy atom. The third kappa shape index (κ3) is 3.54. The van der Waals surface area contributed by atoms with Crippen molar-refractivity contribution >= 4 is 0 Å². The van der Waals surface area contributed by atoms with E-state index in [9.17, 15) is 8.78 Å². The average Bonchev–Trinajstić information content (AvgIpc) is 2.43. The quantitative estimate of drug-likeness (QED) is 0.901. The van der Waals surface area contributed by atoms with E-state index in [0.717, 1.165) is 17.8 Å². The third-order valence-corrected chi connectivity index (χ3v) is 2.84. The first-order valence-corrected chi connectivity index (χ1v) is 6.14. The topological polar surface area (TPSA) is 37.8 Å². The Kier molecular flexibility index (Phi) is 4.52. The lowest BCUT2D eigenvalue weighted by atomic mass is 10.0. The Hall–Kier alpha value is -1.88. The van der Waals surface area contributed by atoms with Crippen molar-refractivity contribution in [3.8, 4) is 0 Å². The van der Waals surface area contributed by atoms with Crippen molar-refractivity contribution in [2.45, 2.75) is 19.4 Å². The van der Waals surface area contributed by atoms with Crippen LogP contribution in [0.25, 0.3) is 0 Å². The number of nitrogens with one attached hydrogen (secondary N) is 1. The number of aromatic nitrogens is 2. The Morgan fingerprint density at radius 2 is 2.11 bits per heavy atom. The molecular weight excluding hydrogens is 248 g/mol. The van der Waals surface area contributed by atoms with Crippen LogP contribution in [0.5, 0.6) is 0 Å². The predicted octanol–water partition coefficient (Wildman–Crippen LogP) is 2.65. The average molecular weight is 263 g/mol. The maximum Gasteiger partial charge on any atom is 0.126 e. The van der Waals surface area contributed by atoms with Crippen molar-refractivity contribution in [1.82, 2.24) is 15.3 Å². The normalized spacial score (nSPS) is 12.4. The minimum Gasteiger partial charge on any atom is -0.309 e. The van der Waals surface area contributed by atoms with Gasteiger partial charge in [-0.25, -0.2) is 18.7 Å². The fourth-order valence-electron chi connectivity index (χ4n) is 1.95. The summed E-state index contributed by atoms with van der Waals surface area (Å²) in [6.07, 6.45) is 3.42. The van der Waals surface area contributed by atoms with Crippen molar-refractivity contribution in [3.05, 3.63) is 59.7 Å². The molecule has 100 valence electrons. The smallest absolute Gasteiger partial charge is 0.126 e. The number of rotatable bonds is 5. The van der Waals surface area contributed by atoms with Gasteiger partial charge in [-0.1, -0.05) is 6.92 Å². The van der Waals surface area contributed by atoms with Gasteiger partial charge in [0.05, 0.1) is 11.7 Å². The van der Waals surface area contributed by atoms with Crippen LogP contribution in [0.15, 0.2) is 36.8 Å². The minimum atomic E-state index is -0.436. The molecule has 0 bridgehead atoms. The van der Waals surface area contributed by atoms with Crippen LogP contribution < -0.4 is 5.32 Å². The summed E-state index contributed by atoms with van der Waals surface area (Å²) in [4.78, 5) is 8.01. The van der Waals surface area contributed by atoms with E-state index in [1.54, 1.807) is 12.3 Å².